The van der Waals surface area contributed by atoms with Crippen molar-refractivity contribution in [1.29, 1.82) is 0 Å². The molecule has 0 fully saturated rings. The van der Waals surface area contributed by atoms with Crippen LogP contribution in [0, 0.1) is 5.82 Å². The van der Waals surface area contributed by atoms with Crippen LogP contribution in [0.1, 0.15) is 6.92 Å². The molecule has 1 rings (SSSR count). The number of carbonyl (C=O) groups is 1. The molecule has 0 unspecified atom stereocenters. The number of halogens is 4. The van der Waals surface area contributed by atoms with Gasteiger partial charge in [-0.05, 0) is 24.7 Å². The van der Waals surface area contributed by atoms with Crippen molar-refractivity contribution in [2.75, 3.05) is 30.7 Å². The summed E-state index contributed by atoms with van der Waals surface area (Å²) < 4.78 is 49.7. The number of hydrogen-bond donors (Lipinski definition) is 2. The molecule has 20 heavy (non-hydrogen) atoms. The van der Waals surface area contributed by atoms with Gasteiger partial charge in [0.25, 0.3) is 0 Å². The van der Waals surface area contributed by atoms with Gasteiger partial charge in [-0.15, -0.1) is 0 Å². The van der Waals surface area contributed by atoms with E-state index in [1.54, 1.807) is 0 Å². The molecule has 0 bridgehead atoms. The lowest BCUT2D eigenvalue weighted by Gasteiger charge is -2.21. The molecule has 0 aliphatic rings. The van der Waals surface area contributed by atoms with Gasteiger partial charge in [-0.1, -0.05) is 6.92 Å². The van der Waals surface area contributed by atoms with Gasteiger partial charge in [-0.3, -0.25) is 9.69 Å². The van der Waals surface area contributed by atoms with E-state index in [1.807, 2.05) is 0 Å². The fourth-order valence-corrected chi connectivity index (χ4v) is 1.56. The maximum atomic E-state index is 13.0. The van der Waals surface area contributed by atoms with Crippen molar-refractivity contribution in [1.82, 2.24) is 4.90 Å². The number of alkyl halides is 3. The highest BCUT2D eigenvalue weighted by atomic mass is 19.4. The van der Waals surface area contributed by atoms with E-state index < -0.39 is 31.0 Å². The minimum absolute atomic E-state index is 0.0399. The fraction of sp³-hybridized carbons (Fsp3) is 0.417. The first-order chi connectivity index (χ1) is 9.21. The zero-order chi connectivity index (χ0) is 15.3. The molecule has 0 saturated heterocycles. The zero-order valence-corrected chi connectivity index (χ0v) is 10.8. The molecule has 1 aromatic carbocycles. The summed E-state index contributed by atoms with van der Waals surface area (Å²) in [6.45, 7) is -0.0668. The Bertz CT molecular complexity index is 476. The van der Waals surface area contributed by atoms with Crippen molar-refractivity contribution in [3.05, 3.63) is 24.0 Å². The van der Waals surface area contributed by atoms with Gasteiger partial charge in [-0.2, -0.15) is 13.2 Å². The largest absolute Gasteiger partial charge is 0.401 e. The molecule has 1 aromatic rings. The SMILES string of the molecule is CCN(CC(=O)Nc1cc(F)ccc1N)CC(F)(F)F. The van der Waals surface area contributed by atoms with E-state index in [1.165, 1.54) is 13.0 Å². The normalized spacial score (nSPS) is 11.7. The van der Waals surface area contributed by atoms with Crippen LogP contribution in [-0.4, -0.2) is 36.6 Å². The van der Waals surface area contributed by atoms with Gasteiger partial charge >= 0.3 is 6.18 Å². The third-order valence-electron chi connectivity index (χ3n) is 2.51. The number of likely N-dealkylation sites (N-methyl/N-ethyl adjacent to an activating group) is 1. The standard InChI is InChI=1S/C12H15F4N3O/c1-2-19(7-12(14,15)16)6-11(20)18-10-5-8(13)3-4-9(10)17/h3-5H,2,6-7,17H2,1H3,(H,18,20). The number of amides is 1. The van der Waals surface area contributed by atoms with E-state index >= 15 is 0 Å². The highest BCUT2D eigenvalue weighted by molar-refractivity contribution is 5.95. The Labute approximate surface area is 113 Å². The van der Waals surface area contributed by atoms with Crippen molar-refractivity contribution in [3.63, 3.8) is 0 Å². The van der Waals surface area contributed by atoms with Crippen LogP contribution in [0.2, 0.25) is 0 Å². The molecule has 0 atom stereocenters. The minimum Gasteiger partial charge on any atom is -0.397 e. The number of carbonyl (C=O) groups excluding carboxylic acids is 1. The van der Waals surface area contributed by atoms with Crippen LogP contribution >= 0.6 is 0 Å². The molecule has 3 N–H and O–H groups in total. The maximum Gasteiger partial charge on any atom is 0.401 e. The lowest BCUT2D eigenvalue weighted by atomic mass is 10.2. The first-order valence-electron chi connectivity index (χ1n) is 5.85. The van der Waals surface area contributed by atoms with Crippen LogP contribution in [0.4, 0.5) is 28.9 Å². The monoisotopic (exact) mass is 293 g/mol. The molecule has 0 aliphatic carbocycles. The number of hydrogen-bond acceptors (Lipinski definition) is 3. The second-order valence-electron chi connectivity index (χ2n) is 4.20. The lowest BCUT2D eigenvalue weighted by Crippen LogP contribution is -2.39. The molecular weight excluding hydrogens is 278 g/mol. The van der Waals surface area contributed by atoms with Crippen molar-refractivity contribution < 1.29 is 22.4 Å². The predicted molar refractivity (Wildman–Crippen MR) is 67.6 cm³/mol. The van der Waals surface area contributed by atoms with Crippen LogP contribution in [0.25, 0.3) is 0 Å². The van der Waals surface area contributed by atoms with Crippen molar-refractivity contribution in [2.45, 2.75) is 13.1 Å². The molecular formula is C12H15F4N3O. The summed E-state index contributed by atoms with van der Waals surface area (Å²) in [6, 6.07) is 3.39. The maximum absolute atomic E-state index is 13.0. The molecule has 1 amide bonds. The van der Waals surface area contributed by atoms with E-state index in [0.29, 0.717) is 0 Å². The second kappa shape index (κ2) is 6.56. The predicted octanol–water partition coefficient (Wildman–Crippen LogP) is 2.23. The van der Waals surface area contributed by atoms with E-state index in [9.17, 15) is 22.4 Å². The number of nitrogens with one attached hydrogen (secondary N) is 1. The second-order valence-corrected chi connectivity index (χ2v) is 4.20. The summed E-state index contributed by atoms with van der Waals surface area (Å²) in [4.78, 5) is 12.6. The minimum atomic E-state index is -4.38. The van der Waals surface area contributed by atoms with Crippen LogP contribution in [0.15, 0.2) is 18.2 Å². The van der Waals surface area contributed by atoms with Crippen molar-refractivity contribution in [3.8, 4) is 0 Å². The summed E-state index contributed by atoms with van der Waals surface area (Å²) in [5.41, 5.74) is 5.71. The molecule has 0 spiro atoms. The average molecular weight is 293 g/mol. The Morgan fingerprint density at radius 1 is 1.40 bits per heavy atom. The molecule has 4 nitrogen and oxygen atoms in total. The van der Waals surface area contributed by atoms with E-state index in [0.717, 1.165) is 17.0 Å². The number of anilines is 2. The van der Waals surface area contributed by atoms with E-state index in [4.69, 9.17) is 5.73 Å². The van der Waals surface area contributed by atoms with Crippen LogP contribution in [0.3, 0.4) is 0 Å². The molecule has 0 heterocycles. The van der Waals surface area contributed by atoms with Crippen LogP contribution in [0.5, 0.6) is 0 Å². The van der Waals surface area contributed by atoms with E-state index in [2.05, 4.69) is 5.32 Å². The lowest BCUT2D eigenvalue weighted by molar-refractivity contribution is -0.147. The van der Waals surface area contributed by atoms with Crippen molar-refractivity contribution in [2.24, 2.45) is 0 Å². The molecule has 112 valence electrons. The quantitative estimate of drug-likeness (QED) is 0.646. The van der Waals surface area contributed by atoms with Gasteiger partial charge in [-0.25, -0.2) is 4.39 Å². The third kappa shape index (κ3) is 5.43. The fourth-order valence-electron chi connectivity index (χ4n) is 1.56. The summed E-state index contributed by atoms with van der Waals surface area (Å²) in [6.07, 6.45) is -4.38. The van der Waals surface area contributed by atoms with Gasteiger partial charge in [0.15, 0.2) is 0 Å². The smallest absolute Gasteiger partial charge is 0.397 e. The number of nitrogen functional groups attached to an aromatic ring is 1. The Balaban J connectivity index is 2.64. The Morgan fingerprint density at radius 2 is 2.05 bits per heavy atom. The van der Waals surface area contributed by atoms with Gasteiger partial charge in [0, 0.05) is 0 Å². The van der Waals surface area contributed by atoms with Crippen molar-refractivity contribution >= 4 is 17.3 Å². The number of rotatable bonds is 5. The molecule has 0 aliphatic heterocycles. The number of benzene rings is 1. The number of nitrogens with zero attached hydrogens (tertiary/aromatic N) is 1. The Hall–Kier alpha value is -1.83. The first-order valence-corrected chi connectivity index (χ1v) is 5.85. The summed E-state index contributed by atoms with van der Waals surface area (Å²) in [7, 11) is 0. The van der Waals surface area contributed by atoms with Crippen LogP contribution in [-0.2, 0) is 4.79 Å². The zero-order valence-electron chi connectivity index (χ0n) is 10.8. The topological polar surface area (TPSA) is 58.4 Å². The van der Waals surface area contributed by atoms with Crippen LogP contribution < -0.4 is 11.1 Å². The summed E-state index contributed by atoms with van der Waals surface area (Å²) in [5, 5.41) is 2.29. The molecule has 0 radical (unpaired) electrons. The van der Waals surface area contributed by atoms with Gasteiger partial charge in [0.05, 0.1) is 24.5 Å². The summed E-state index contributed by atoms with van der Waals surface area (Å²) in [5.74, 6) is -1.29. The Morgan fingerprint density at radius 3 is 2.60 bits per heavy atom. The highest BCUT2D eigenvalue weighted by Gasteiger charge is 2.30. The molecule has 0 aromatic heterocycles. The first kappa shape index (κ1) is 16.2. The number of nitrogens with two attached hydrogens (primary N) is 1. The van der Waals surface area contributed by atoms with Gasteiger partial charge in [0.1, 0.15) is 5.82 Å². The van der Waals surface area contributed by atoms with Gasteiger partial charge in [0.2, 0.25) is 5.91 Å². The average Bonchev–Trinajstić information content (AvgIpc) is 2.31. The Kier molecular flexibility index (Phi) is 5.32. The molecule has 8 heteroatoms. The molecule has 0 saturated carbocycles. The summed E-state index contributed by atoms with van der Waals surface area (Å²) >= 11 is 0. The highest BCUT2D eigenvalue weighted by Crippen LogP contribution is 2.20. The van der Waals surface area contributed by atoms with Gasteiger partial charge < -0.3 is 11.1 Å². The third-order valence-corrected chi connectivity index (χ3v) is 2.51. The van der Waals surface area contributed by atoms with E-state index in [-0.39, 0.29) is 17.9 Å².